The number of hydrogen-bond donors (Lipinski definition) is 1. The van der Waals surface area contributed by atoms with Gasteiger partial charge in [0, 0.05) is 19.1 Å². The summed E-state index contributed by atoms with van der Waals surface area (Å²) >= 11 is 0. The number of benzene rings is 1. The van der Waals surface area contributed by atoms with Crippen LogP contribution in [0, 0.1) is 6.92 Å². The fraction of sp³-hybridized carbons (Fsp3) is 0.600. The van der Waals surface area contributed by atoms with Crippen LogP contribution in [0.2, 0.25) is 0 Å². The lowest BCUT2D eigenvalue weighted by atomic mass is 10.0. The molecule has 0 radical (unpaired) electrons. The Morgan fingerprint density at radius 2 is 1.94 bits per heavy atom. The van der Waals surface area contributed by atoms with Gasteiger partial charge in [-0.25, -0.2) is 0 Å². The number of ether oxygens (including phenoxy) is 1. The third-order valence-electron chi connectivity index (χ3n) is 3.36. The van der Waals surface area contributed by atoms with Crippen molar-refractivity contribution in [2.24, 2.45) is 5.73 Å². The van der Waals surface area contributed by atoms with Gasteiger partial charge in [-0.15, -0.1) is 0 Å². The first-order valence-electron chi connectivity index (χ1n) is 6.84. The molecule has 1 aliphatic rings. The van der Waals surface area contributed by atoms with Crippen LogP contribution in [0.4, 0.5) is 5.69 Å². The normalized spacial score (nSPS) is 17.3. The molecule has 0 aromatic heterocycles. The molecule has 0 aliphatic carbocycles. The Hall–Kier alpha value is -1.22. The van der Waals surface area contributed by atoms with Crippen molar-refractivity contribution >= 4 is 5.69 Å². The molecule has 0 spiro atoms. The summed E-state index contributed by atoms with van der Waals surface area (Å²) in [5.74, 6) is 0.992. The molecule has 1 saturated heterocycles. The van der Waals surface area contributed by atoms with Gasteiger partial charge in [0.25, 0.3) is 0 Å². The van der Waals surface area contributed by atoms with Gasteiger partial charge in [0.05, 0.1) is 11.8 Å². The molecule has 0 atom stereocenters. The predicted molar refractivity (Wildman–Crippen MR) is 76.4 cm³/mol. The Kier molecular flexibility index (Phi) is 4.12. The number of aryl methyl sites for hydroxylation is 1. The zero-order valence-corrected chi connectivity index (χ0v) is 11.6. The summed E-state index contributed by atoms with van der Waals surface area (Å²) in [6.45, 7) is 8.31. The highest BCUT2D eigenvalue weighted by molar-refractivity contribution is 5.60. The molecule has 3 heteroatoms. The molecule has 1 heterocycles. The van der Waals surface area contributed by atoms with E-state index in [9.17, 15) is 0 Å². The molecule has 1 aliphatic heterocycles. The van der Waals surface area contributed by atoms with Crippen LogP contribution in [0.1, 0.15) is 32.3 Å². The fourth-order valence-electron chi connectivity index (χ4n) is 2.37. The molecule has 1 fully saturated rings. The number of rotatable bonds is 3. The van der Waals surface area contributed by atoms with E-state index < -0.39 is 0 Å². The first kappa shape index (κ1) is 13.2. The van der Waals surface area contributed by atoms with Crippen LogP contribution in [0.3, 0.4) is 0 Å². The highest BCUT2D eigenvalue weighted by Crippen LogP contribution is 2.32. The van der Waals surface area contributed by atoms with E-state index in [-0.39, 0.29) is 6.10 Å². The van der Waals surface area contributed by atoms with Gasteiger partial charge in [-0.2, -0.15) is 0 Å². The number of nitrogens with two attached hydrogens (primary N) is 1. The van der Waals surface area contributed by atoms with E-state index in [0.29, 0.717) is 6.04 Å². The molecule has 100 valence electrons. The van der Waals surface area contributed by atoms with Crippen molar-refractivity contribution in [1.82, 2.24) is 0 Å². The first-order chi connectivity index (χ1) is 8.56. The summed E-state index contributed by atoms with van der Waals surface area (Å²) < 4.78 is 5.91. The Balaban J connectivity index is 2.21. The number of piperidine rings is 1. The lowest BCUT2D eigenvalue weighted by molar-refractivity contribution is 0.242. The fourth-order valence-corrected chi connectivity index (χ4v) is 2.37. The highest BCUT2D eigenvalue weighted by Gasteiger charge is 2.19. The van der Waals surface area contributed by atoms with Crippen molar-refractivity contribution in [3.05, 3.63) is 23.8 Å². The van der Waals surface area contributed by atoms with E-state index in [1.165, 1.54) is 11.3 Å². The molecule has 0 bridgehead atoms. The second-order valence-electron chi connectivity index (χ2n) is 5.46. The third kappa shape index (κ3) is 3.16. The minimum atomic E-state index is 0.207. The second kappa shape index (κ2) is 5.61. The molecule has 0 saturated carbocycles. The van der Waals surface area contributed by atoms with Gasteiger partial charge in [0.2, 0.25) is 0 Å². The molecule has 0 amide bonds. The maximum absolute atomic E-state index is 5.97. The van der Waals surface area contributed by atoms with Crippen LogP contribution in [0.15, 0.2) is 18.2 Å². The van der Waals surface area contributed by atoms with Crippen molar-refractivity contribution in [1.29, 1.82) is 0 Å². The van der Waals surface area contributed by atoms with E-state index >= 15 is 0 Å². The quantitative estimate of drug-likeness (QED) is 0.894. The Morgan fingerprint density at radius 1 is 1.28 bits per heavy atom. The van der Waals surface area contributed by atoms with Gasteiger partial charge in [0.1, 0.15) is 5.75 Å². The van der Waals surface area contributed by atoms with Gasteiger partial charge in [-0.05, 0) is 51.3 Å². The van der Waals surface area contributed by atoms with Crippen LogP contribution in [-0.4, -0.2) is 25.2 Å². The van der Waals surface area contributed by atoms with Crippen molar-refractivity contribution in [3.63, 3.8) is 0 Å². The van der Waals surface area contributed by atoms with Gasteiger partial charge in [-0.3, -0.25) is 0 Å². The summed E-state index contributed by atoms with van der Waals surface area (Å²) in [7, 11) is 0. The standard InChI is InChI=1S/C15H24N2O/c1-11(2)18-15-5-4-12(3)10-14(15)17-8-6-13(16)7-9-17/h4-5,10-11,13H,6-9,16H2,1-3H3. The maximum atomic E-state index is 5.97. The SMILES string of the molecule is Cc1ccc(OC(C)C)c(N2CCC(N)CC2)c1. The monoisotopic (exact) mass is 248 g/mol. The van der Waals surface area contributed by atoms with Gasteiger partial charge < -0.3 is 15.4 Å². The van der Waals surface area contributed by atoms with Gasteiger partial charge in [-0.1, -0.05) is 6.07 Å². The van der Waals surface area contributed by atoms with Crippen LogP contribution >= 0.6 is 0 Å². The molecule has 3 nitrogen and oxygen atoms in total. The number of nitrogens with zero attached hydrogens (tertiary/aromatic N) is 1. The Morgan fingerprint density at radius 3 is 2.56 bits per heavy atom. The van der Waals surface area contributed by atoms with Crippen LogP contribution in [-0.2, 0) is 0 Å². The summed E-state index contributed by atoms with van der Waals surface area (Å²) in [4.78, 5) is 2.40. The van der Waals surface area contributed by atoms with E-state index in [0.717, 1.165) is 31.7 Å². The lowest BCUT2D eigenvalue weighted by Gasteiger charge is -2.33. The molecular formula is C15H24N2O. The molecular weight excluding hydrogens is 224 g/mol. The van der Waals surface area contributed by atoms with Crippen LogP contribution < -0.4 is 15.4 Å². The zero-order valence-electron chi connectivity index (χ0n) is 11.6. The van der Waals surface area contributed by atoms with E-state index in [1.807, 2.05) is 0 Å². The van der Waals surface area contributed by atoms with Crippen molar-refractivity contribution in [3.8, 4) is 5.75 Å². The first-order valence-corrected chi connectivity index (χ1v) is 6.84. The predicted octanol–water partition coefficient (Wildman–Crippen LogP) is 2.71. The van der Waals surface area contributed by atoms with Gasteiger partial charge in [0.15, 0.2) is 0 Å². The van der Waals surface area contributed by atoms with E-state index in [2.05, 4.69) is 43.9 Å². The minimum absolute atomic E-state index is 0.207. The van der Waals surface area contributed by atoms with E-state index in [4.69, 9.17) is 10.5 Å². The highest BCUT2D eigenvalue weighted by atomic mass is 16.5. The lowest BCUT2D eigenvalue weighted by Crippen LogP contribution is -2.39. The number of hydrogen-bond acceptors (Lipinski definition) is 3. The van der Waals surface area contributed by atoms with Crippen LogP contribution in [0.5, 0.6) is 5.75 Å². The van der Waals surface area contributed by atoms with Crippen LogP contribution in [0.25, 0.3) is 0 Å². The topological polar surface area (TPSA) is 38.5 Å². The molecule has 18 heavy (non-hydrogen) atoms. The molecule has 2 rings (SSSR count). The molecule has 1 aromatic rings. The maximum Gasteiger partial charge on any atom is 0.142 e. The van der Waals surface area contributed by atoms with Crippen molar-refractivity contribution in [2.45, 2.75) is 45.8 Å². The smallest absolute Gasteiger partial charge is 0.142 e. The average Bonchev–Trinajstić information content (AvgIpc) is 2.32. The Bertz CT molecular complexity index is 395. The summed E-state index contributed by atoms with van der Waals surface area (Å²) in [6.07, 6.45) is 2.34. The number of anilines is 1. The molecule has 0 unspecified atom stereocenters. The summed E-state index contributed by atoms with van der Waals surface area (Å²) in [6, 6.07) is 6.77. The third-order valence-corrected chi connectivity index (χ3v) is 3.36. The van der Waals surface area contributed by atoms with Gasteiger partial charge >= 0.3 is 0 Å². The van der Waals surface area contributed by atoms with E-state index in [1.54, 1.807) is 0 Å². The largest absolute Gasteiger partial charge is 0.489 e. The molecule has 2 N–H and O–H groups in total. The minimum Gasteiger partial charge on any atom is -0.489 e. The van der Waals surface area contributed by atoms with Crippen molar-refractivity contribution < 1.29 is 4.74 Å². The summed E-state index contributed by atoms with van der Waals surface area (Å²) in [5, 5.41) is 0. The average molecular weight is 248 g/mol. The summed E-state index contributed by atoms with van der Waals surface area (Å²) in [5.41, 5.74) is 8.46. The Labute approximate surface area is 110 Å². The molecule has 1 aromatic carbocycles. The zero-order chi connectivity index (χ0) is 13.1. The second-order valence-corrected chi connectivity index (χ2v) is 5.46. The van der Waals surface area contributed by atoms with Crippen molar-refractivity contribution in [2.75, 3.05) is 18.0 Å².